The maximum absolute atomic E-state index is 11.4. The fourth-order valence-corrected chi connectivity index (χ4v) is 0.474. The SMILES string of the molecule is CC(C)C/C=C\C(F)(F)F. The maximum atomic E-state index is 11.4. The van der Waals surface area contributed by atoms with Gasteiger partial charge in [0.15, 0.2) is 0 Å². The summed E-state index contributed by atoms with van der Waals surface area (Å²) in [4.78, 5) is 0. The molecule has 0 amide bonds. The van der Waals surface area contributed by atoms with E-state index < -0.39 is 6.18 Å². The maximum Gasteiger partial charge on any atom is 0.409 e. The van der Waals surface area contributed by atoms with Crippen molar-refractivity contribution in [2.75, 3.05) is 0 Å². The zero-order chi connectivity index (χ0) is 8.20. The first-order valence-electron chi connectivity index (χ1n) is 3.16. The second-order valence-corrected chi connectivity index (χ2v) is 2.57. The summed E-state index contributed by atoms with van der Waals surface area (Å²) in [7, 11) is 0. The molecule has 0 aromatic carbocycles. The highest BCUT2D eigenvalue weighted by atomic mass is 19.4. The molecule has 0 aliphatic rings. The van der Waals surface area contributed by atoms with Crippen molar-refractivity contribution in [3.63, 3.8) is 0 Å². The van der Waals surface area contributed by atoms with E-state index in [1.807, 2.05) is 13.8 Å². The van der Waals surface area contributed by atoms with Crippen LogP contribution in [0.3, 0.4) is 0 Å². The zero-order valence-electron chi connectivity index (χ0n) is 6.07. The predicted octanol–water partition coefficient (Wildman–Crippen LogP) is 3.15. The molecule has 0 bridgehead atoms. The molecule has 0 atom stereocenters. The topological polar surface area (TPSA) is 0 Å². The zero-order valence-corrected chi connectivity index (χ0v) is 6.07. The van der Waals surface area contributed by atoms with Gasteiger partial charge >= 0.3 is 6.18 Å². The van der Waals surface area contributed by atoms with Crippen LogP contribution in [0.1, 0.15) is 20.3 Å². The highest BCUT2D eigenvalue weighted by molar-refractivity contribution is 4.88. The molecule has 0 unspecified atom stereocenters. The van der Waals surface area contributed by atoms with E-state index >= 15 is 0 Å². The summed E-state index contributed by atoms with van der Waals surface area (Å²) in [6.07, 6.45) is -2.22. The molecule has 0 aliphatic heterocycles. The molecule has 0 fully saturated rings. The highest BCUT2D eigenvalue weighted by Crippen LogP contribution is 2.16. The molecule has 0 N–H and O–H groups in total. The van der Waals surface area contributed by atoms with Crippen molar-refractivity contribution in [2.24, 2.45) is 5.92 Å². The van der Waals surface area contributed by atoms with E-state index in [0.717, 1.165) is 6.08 Å². The van der Waals surface area contributed by atoms with Crippen molar-refractivity contribution in [1.29, 1.82) is 0 Å². The molecule has 0 aliphatic carbocycles. The quantitative estimate of drug-likeness (QED) is 0.533. The standard InChI is InChI=1S/C7H11F3/c1-6(2)4-3-5-7(8,9)10/h3,5-6H,4H2,1-2H3/b5-3-. The Bertz CT molecular complexity index is 111. The van der Waals surface area contributed by atoms with Gasteiger partial charge in [-0.2, -0.15) is 13.2 Å². The Hall–Kier alpha value is -0.470. The summed E-state index contributed by atoms with van der Waals surface area (Å²) in [6, 6.07) is 0. The van der Waals surface area contributed by atoms with E-state index in [1.165, 1.54) is 0 Å². The van der Waals surface area contributed by atoms with Crippen LogP contribution in [0, 0.1) is 5.92 Å². The Balaban J connectivity index is 3.57. The first-order valence-corrected chi connectivity index (χ1v) is 3.16. The average molecular weight is 152 g/mol. The molecular formula is C7H11F3. The van der Waals surface area contributed by atoms with Crippen molar-refractivity contribution >= 4 is 0 Å². The molecule has 0 heterocycles. The smallest absolute Gasteiger partial charge is 0.167 e. The summed E-state index contributed by atoms with van der Waals surface area (Å²) in [5, 5.41) is 0. The largest absolute Gasteiger partial charge is 0.409 e. The van der Waals surface area contributed by atoms with Gasteiger partial charge in [0, 0.05) is 6.08 Å². The molecule has 0 spiro atoms. The van der Waals surface area contributed by atoms with Crippen molar-refractivity contribution in [3.05, 3.63) is 12.2 Å². The lowest BCUT2D eigenvalue weighted by atomic mass is 10.1. The van der Waals surface area contributed by atoms with Gasteiger partial charge in [0.2, 0.25) is 0 Å². The van der Waals surface area contributed by atoms with Gasteiger partial charge in [-0.15, -0.1) is 0 Å². The van der Waals surface area contributed by atoms with Crippen LogP contribution in [0.25, 0.3) is 0 Å². The third-order valence-electron chi connectivity index (χ3n) is 0.914. The van der Waals surface area contributed by atoms with Gasteiger partial charge in [0.1, 0.15) is 0 Å². The second kappa shape index (κ2) is 3.64. The van der Waals surface area contributed by atoms with E-state index in [-0.39, 0.29) is 6.08 Å². The molecule has 60 valence electrons. The minimum atomic E-state index is -4.14. The lowest BCUT2D eigenvalue weighted by Gasteiger charge is -1.99. The van der Waals surface area contributed by atoms with Gasteiger partial charge in [-0.3, -0.25) is 0 Å². The Morgan fingerprint density at radius 2 is 1.80 bits per heavy atom. The minimum absolute atomic E-state index is 0.285. The molecule has 0 aromatic rings. The summed E-state index contributed by atoms with van der Waals surface area (Å²) >= 11 is 0. The number of hydrogen-bond donors (Lipinski definition) is 0. The number of rotatable bonds is 2. The van der Waals surface area contributed by atoms with E-state index in [4.69, 9.17) is 0 Å². The van der Waals surface area contributed by atoms with Crippen LogP contribution in [0.15, 0.2) is 12.2 Å². The lowest BCUT2D eigenvalue weighted by molar-refractivity contribution is -0.0800. The third-order valence-corrected chi connectivity index (χ3v) is 0.914. The molecule has 0 nitrogen and oxygen atoms in total. The summed E-state index contributed by atoms with van der Waals surface area (Å²) in [5.41, 5.74) is 0. The average Bonchev–Trinajstić information content (AvgIpc) is 1.59. The van der Waals surface area contributed by atoms with Crippen LogP contribution in [0.5, 0.6) is 0 Å². The molecule has 3 heteroatoms. The molecule has 0 radical (unpaired) electrons. The molecule has 10 heavy (non-hydrogen) atoms. The summed E-state index contributed by atoms with van der Waals surface area (Å²) in [5.74, 6) is 0.290. The third kappa shape index (κ3) is 7.53. The van der Waals surface area contributed by atoms with Gasteiger partial charge in [-0.1, -0.05) is 19.9 Å². The van der Waals surface area contributed by atoms with Crippen molar-refractivity contribution < 1.29 is 13.2 Å². The second-order valence-electron chi connectivity index (χ2n) is 2.57. The van der Waals surface area contributed by atoms with Gasteiger partial charge in [-0.05, 0) is 12.3 Å². The fourth-order valence-electron chi connectivity index (χ4n) is 0.474. The van der Waals surface area contributed by atoms with E-state index in [0.29, 0.717) is 12.3 Å². The molecule has 0 saturated heterocycles. The van der Waals surface area contributed by atoms with Crippen molar-refractivity contribution in [3.8, 4) is 0 Å². The number of allylic oxidation sites excluding steroid dienone is 2. The van der Waals surface area contributed by atoms with E-state index in [2.05, 4.69) is 0 Å². The lowest BCUT2D eigenvalue weighted by Crippen LogP contribution is -2.00. The van der Waals surface area contributed by atoms with Crippen LogP contribution < -0.4 is 0 Å². The van der Waals surface area contributed by atoms with Crippen molar-refractivity contribution in [1.82, 2.24) is 0 Å². The fraction of sp³-hybridized carbons (Fsp3) is 0.714. The predicted molar refractivity (Wildman–Crippen MR) is 34.6 cm³/mol. The van der Waals surface area contributed by atoms with Gasteiger partial charge in [0.05, 0.1) is 0 Å². The summed E-state index contributed by atoms with van der Waals surface area (Å²) < 4.78 is 34.3. The molecule has 0 saturated carbocycles. The first-order chi connectivity index (χ1) is 4.42. The Labute approximate surface area is 58.7 Å². The van der Waals surface area contributed by atoms with Crippen LogP contribution in [0.2, 0.25) is 0 Å². The highest BCUT2D eigenvalue weighted by Gasteiger charge is 2.21. The number of halogens is 3. The van der Waals surface area contributed by atoms with Crippen LogP contribution >= 0.6 is 0 Å². The molecular weight excluding hydrogens is 141 g/mol. The summed E-state index contributed by atoms with van der Waals surface area (Å²) in [6.45, 7) is 3.75. The first kappa shape index (κ1) is 9.53. The minimum Gasteiger partial charge on any atom is -0.167 e. The number of hydrogen-bond acceptors (Lipinski definition) is 0. The van der Waals surface area contributed by atoms with Crippen LogP contribution in [0.4, 0.5) is 13.2 Å². The monoisotopic (exact) mass is 152 g/mol. The van der Waals surface area contributed by atoms with E-state index in [9.17, 15) is 13.2 Å². The Morgan fingerprint density at radius 1 is 1.30 bits per heavy atom. The van der Waals surface area contributed by atoms with Crippen molar-refractivity contribution in [2.45, 2.75) is 26.4 Å². The van der Waals surface area contributed by atoms with Crippen LogP contribution in [-0.4, -0.2) is 6.18 Å². The van der Waals surface area contributed by atoms with Gasteiger partial charge < -0.3 is 0 Å². The normalized spacial score (nSPS) is 13.4. The Kier molecular flexibility index (Phi) is 3.47. The van der Waals surface area contributed by atoms with Crippen LogP contribution in [-0.2, 0) is 0 Å². The van der Waals surface area contributed by atoms with Gasteiger partial charge in [0.25, 0.3) is 0 Å². The molecule has 0 aromatic heterocycles. The Morgan fingerprint density at radius 3 is 2.10 bits per heavy atom. The van der Waals surface area contributed by atoms with Gasteiger partial charge in [-0.25, -0.2) is 0 Å². The van der Waals surface area contributed by atoms with E-state index in [1.54, 1.807) is 0 Å². The molecule has 0 rings (SSSR count). The number of alkyl halides is 3.